The molecule has 0 saturated carbocycles. The van der Waals surface area contributed by atoms with E-state index in [0.717, 1.165) is 6.26 Å². The van der Waals surface area contributed by atoms with Gasteiger partial charge in [0.2, 0.25) is 15.9 Å². The summed E-state index contributed by atoms with van der Waals surface area (Å²) in [7, 11) is -3.41. The first-order valence-electron chi connectivity index (χ1n) is 7.94. The number of carbonyl (C=O) groups excluding carboxylic acids is 1. The Morgan fingerprint density at radius 1 is 1.23 bits per heavy atom. The third-order valence-electron chi connectivity index (χ3n) is 4.00. The van der Waals surface area contributed by atoms with E-state index in [9.17, 15) is 17.6 Å². The van der Waals surface area contributed by atoms with Crippen LogP contribution in [0.1, 0.15) is 30.5 Å². The van der Waals surface area contributed by atoms with E-state index in [4.69, 9.17) is 0 Å². The van der Waals surface area contributed by atoms with Gasteiger partial charge in [-0.25, -0.2) is 17.8 Å². The van der Waals surface area contributed by atoms with Crippen molar-refractivity contribution in [1.82, 2.24) is 5.01 Å². The Balaban J connectivity index is 1.95. The highest BCUT2D eigenvalue weighted by atomic mass is 32.2. The highest BCUT2D eigenvalue weighted by molar-refractivity contribution is 7.92. The van der Waals surface area contributed by atoms with Crippen molar-refractivity contribution in [3.8, 4) is 0 Å². The molecule has 0 aliphatic carbocycles. The molecule has 1 amide bonds. The van der Waals surface area contributed by atoms with Gasteiger partial charge in [0.05, 0.1) is 18.0 Å². The van der Waals surface area contributed by atoms with Gasteiger partial charge in [0.15, 0.2) is 0 Å². The van der Waals surface area contributed by atoms with Crippen molar-refractivity contribution in [2.45, 2.75) is 19.4 Å². The Labute approximate surface area is 151 Å². The summed E-state index contributed by atoms with van der Waals surface area (Å²) in [4.78, 5) is 12.0. The molecular weight excluding hydrogens is 357 g/mol. The largest absolute Gasteiger partial charge is 0.284 e. The number of nitrogens with one attached hydrogen (secondary N) is 1. The number of benzene rings is 2. The van der Waals surface area contributed by atoms with Crippen molar-refractivity contribution >= 4 is 27.3 Å². The Morgan fingerprint density at radius 2 is 1.96 bits per heavy atom. The van der Waals surface area contributed by atoms with E-state index in [-0.39, 0.29) is 5.91 Å². The standard InChI is InChI=1S/C18H18FN3O3S/c1-12(23)22-18(15-8-3-4-9-16(15)19)11-17(20-22)13-6-5-7-14(10-13)21-26(2,24)25/h3-10,18,21H,11H2,1-2H3/t18-/m0/s1. The molecule has 0 spiro atoms. The Morgan fingerprint density at radius 3 is 2.62 bits per heavy atom. The molecule has 1 atom stereocenters. The van der Waals surface area contributed by atoms with Crippen molar-refractivity contribution in [1.29, 1.82) is 0 Å². The molecule has 1 heterocycles. The minimum atomic E-state index is -3.41. The van der Waals surface area contributed by atoms with Crippen molar-refractivity contribution in [3.05, 3.63) is 65.5 Å². The fraction of sp³-hybridized carbons (Fsp3) is 0.222. The van der Waals surface area contributed by atoms with Crippen LogP contribution in [0.15, 0.2) is 53.6 Å². The molecule has 1 aliphatic heterocycles. The molecule has 0 unspecified atom stereocenters. The van der Waals surface area contributed by atoms with Gasteiger partial charge in [-0.2, -0.15) is 5.10 Å². The highest BCUT2D eigenvalue weighted by Crippen LogP contribution is 2.34. The average molecular weight is 375 g/mol. The number of anilines is 1. The van der Waals surface area contributed by atoms with Gasteiger partial charge in [0.25, 0.3) is 0 Å². The van der Waals surface area contributed by atoms with E-state index in [2.05, 4.69) is 9.82 Å². The Hall–Kier alpha value is -2.74. The van der Waals surface area contributed by atoms with Crippen molar-refractivity contribution in [2.75, 3.05) is 11.0 Å². The van der Waals surface area contributed by atoms with E-state index in [1.165, 1.54) is 18.0 Å². The lowest BCUT2D eigenvalue weighted by molar-refractivity contribution is -0.130. The molecule has 0 saturated heterocycles. The van der Waals surface area contributed by atoms with Crippen LogP contribution in [0.2, 0.25) is 0 Å². The third kappa shape index (κ3) is 3.91. The molecule has 26 heavy (non-hydrogen) atoms. The summed E-state index contributed by atoms with van der Waals surface area (Å²) in [6, 6.07) is 12.5. The second kappa shape index (κ2) is 6.87. The molecule has 136 valence electrons. The predicted octanol–water partition coefficient (Wildman–Crippen LogP) is 2.89. The number of rotatable bonds is 4. The number of amides is 1. The van der Waals surface area contributed by atoms with Gasteiger partial charge in [0, 0.05) is 24.6 Å². The number of hydrogen-bond acceptors (Lipinski definition) is 4. The first kappa shape index (κ1) is 18.1. The summed E-state index contributed by atoms with van der Waals surface area (Å²) in [6.45, 7) is 1.38. The van der Waals surface area contributed by atoms with Crippen LogP contribution in [0.4, 0.5) is 10.1 Å². The van der Waals surface area contributed by atoms with Crippen LogP contribution in [0.3, 0.4) is 0 Å². The van der Waals surface area contributed by atoms with E-state index in [0.29, 0.717) is 28.9 Å². The van der Waals surface area contributed by atoms with Gasteiger partial charge in [-0.15, -0.1) is 0 Å². The fourth-order valence-electron chi connectivity index (χ4n) is 2.94. The van der Waals surface area contributed by atoms with Crippen LogP contribution in [-0.4, -0.2) is 31.3 Å². The second-order valence-electron chi connectivity index (χ2n) is 6.11. The first-order chi connectivity index (χ1) is 12.2. The number of halogens is 1. The zero-order valence-corrected chi connectivity index (χ0v) is 15.1. The lowest BCUT2D eigenvalue weighted by Gasteiger charge is -2.20. The molecule has 0 radical (unpaired) electrons. The molecule has 6 nitrogen and oxygen atoms in total. The van der Waals surface area contributed by atoms with E-state index in [1.54, 1.807) is 42.5 Å². The maximum absolute atomic E-state index is 14.2. The molecular formula is C18H18FN3O3S. The molecule has 0 aromatic heterocycles. The summed E-state index contributed by atoms with van der Waals surface area (Å²) < 4.78 is 39.4. The van der Waals surface area contributed by atoms with Gasteiger partial charge in [-0.1, -0.05) is 30.3 Å². The number of hydrogen-bond donors (Lipinski definition) is 1. The first-order valence-corrected chi connectivity index (χ1v) is 9.83. The summed E-state index contributed by atoms with van der Waals surface area (Å²) in [5.74, 6) is -0.689. The SMILES string of the molecule is CC(=O)N1N=C(c2cccc(NS(C)(=O)=O)c2)C[C@H]1c1ccccc1F. The molecule has 3 rings (SSSR count). The Kier molecular flexibility index (Phi) is 4.78. The normalized spacial score (nSPS) is 17.1. The van der Waals surface area contributed by atoms with Crippen LogP contribution in [-0.2, 0) is 14.8 Å². The van der Waals surface area contributed by atoms with Crippen LogP contribution in [0, 0.1) is 5.82 Å². The second-order valence-corrected chi connectivity index (χ2v) is 7.86. The highest BCUT2D eigenvalue weighted by Gasteiger charge is 2.33. The number of carbonyl (C=O) groups is 1. The quantitative estimate of drug-likeness (QED) is 0.892. The smallest absolute Gasteiger partial charge is 0.240 e. The topological polar surface area (TPSA) is 78.8 Å². The fourth-order valence-corrected chi connectivity index (χ4v) is 3.49. The van der Waals surface area contributed by atoms with Crippen molar-refractivity contribution in [2.24, 2.45) is 5.10 Å². The molecule has 0 fully saturated rings. The van der Waals surface area contributed by atoms with Gasteiger partial charge in [0.1, 0.15) is 5.82 Å². The summed E-state index contributed by atoms with van der Waals surface area (Å²) in [5.41, 5.74) is 2.05. The zero-order chi connectivity index (χ0) is 18.9. The number of hydrazone groups is 1. The van der Waals surface area contributed by atoms with Gasteiger partial charge < -0.3 is 0 Å². The maximum atomic E-state index is 14.2. The van der Waals surface area contributed by atoms with E-state index in [1.807, 2.05) is 0 Å². The summed E-state index contributed by atoms with van der Waals surface area (Å²) >= 11 is 0. The number of sulfonamides is 1. The van der Waals surface area contributed by atoms with Gasteiger partial charge in [-0.3, -0.25) is 9.52 Å². The van der Waals surface area contributed by atoms with Crippen LogP contribution < -0.4 is 4.72 Å². The van der Waals surface area contributed by atoms with Crippen LogP contribution in [0.25, 0.3) is 0 Å². The minimum Gasteiger partial charge on any atom is -0.284 e. The molecule has 8 heteroatoms. The van der Waals surface area contributed by atoms with E-state index >= 15 is 0 Å². The van der Waals surface area contributed by atoms with E-state index < -0.39 is 21.9 Å². The average Bonchev–Trinajstić information content (AvgIpc) is 2.99. The summed E-state index contributed by atoms with van der Waals surface area (Å²) in [5, 5.41) is 5.62. The van der Waals surface area contributed by atoms with Gasteiger partial charge >= 0.3 is 0 Å². The monoisotopic (exact) mass is 375 g/mol. The molecule has 2 aromatic carbocycles. The Bertz CT molecular complexity index is 989. The van der Waals surface area contributed by atoms with Crippen molar-refractivity contribution < 1.29 is 17.6 Å². The molecule has 1 N–H and O–H groups in total. The third-order valence-corrected chi connectivity index (χ3v) is 4.60. The minimum absolute atomic E-state index is 0.293. The lowest BCUT2D eigenvalue weighted by Crippen LogP contribution is -2.25. The molecule has 0 bridgehead atoms. The van der Waals surface area contributed by atoms with Crippen molar-refractivity contribution in [3.63, 3.8) is 0 Å². The lowest BCUT2D eigenvalue weighted by atomic mass is 9.98. The van der Waals surface area contributed by atoms with Gasteiger partial charge in [-0.05, 0) is 23.8 Å². The maximum Gasteiger partial charge on any atom is 0.240 e. The molecule has 2 aromatic rings. The molecule has 1 aliphatic rings. The van der Waals surface area contributed by atoms with Crippen LogP contribution >= 0.6 is 0 Å². The number of nitrogens with zero attached hydrogens (tertiary/aromatic N) is 2. The predicted molar refractivity (Wildman–Crippen MR) is 97.7 cm³/mol. The zero-order valence-electron chi connectivity index (χ0n) is 14.3. The summed E-state index contributed by atoms with van der Waals surface area (Å²) in [6.07, 6.45) is 1.40. The van der Waals surface area contributed by atoms with Crippen LogP contribution in [0.5, 0.6) is 0 Å².